The molecule has 170 valence electrons. The second kappa shape index (κ2) is 9.74. The van der Waals surface area contributed by atoms with Crippen molar-refractivity contribution in [3.8, 4) is 11.4 Å². The van der Waals surface area contributed by atoms with Gasteiger partial charge in [-0.2, -0.15) is 0 Å². The van der Waals surface area contributed by atoms with Gasteiger partial charge >= 0.3 is 6.36 Å². The normalized spacial score (nSPS) is 11.4. The summed E-state index contributed by atoms with van der Waals surface area (Å²) in [4.78, 5) is 4.22. The summed E-state index contributed by atoms with van der Waals surface area (Å²) >= 11 is 0. The molecule has 0 saturated heterocycles. The number of anilines is 2. The molecule has 33 heavy (non-hydrogen) atoms. The lowest BCUT2D eigenvalue weighted by molar-refractivity contribution is -0.274. The van der Waals surface area contributed by atoms with Crippen LogP contribution in [0.5, 0.6) is 5.75 Å². The van der Waals surface area contributed by atoms with Gasteiger partial charge in [0.2, 0.25) is 0 Å². The molecule has 0 fully saturated rings. The minimum atomic E-state index is -4.76. The van der Waals surface area contributed by atoms with E-state index in [9.17, 15) is 13.2 Å². The van der Waals surface area contributed by atoms with Gasteiger partial charge in [0.25, 0.3) is 0 Å². The molecule has 0 aliphatic heterocycles. The molecule has 0 radical (unpaired) electrons. The van der Waals surface area contributed by atoms with Crippen LogP contribution in [0.25, 0.3) is 5.69 Å². The predicted molar refractivity (Wildman–Crippen MR) is 117 cm³/mol. The maximum Gasteiger partial charge on any atom is 0.573 e. The van der Waals surface area contributed by atoms with Crippen molar-refractivity contribution < 1.29 is 22.6 Å². The van der Waals surface area contributed by atoms with Gasteiger partial charge in [0.1, 0.15) is 5.75 Å². The largest absolute Gasteiger partial charge is 0.573 e. The highest BCUT2D eigenvalue weighted by Crippen LogP contribution is 2.27. The van der Waals surface area contributed by atoms with Gasteiger partial charge in [-0.15, -0.1) is 18.3 Å². The van der Waals surface area contributed by atoms with E-state index < -0.39 is 6.36 Å². The number of benzene rings is 2. The van der Waals surface area contributed by atoms with E-state index in [2.05, 4.69) is 20.1 Å². The Bertz CT molecular complexity index is 1210. The van der Waals surface area contributed by atoms with E-state index in [1.54, 1.807) is 23.0 Å². The van der Waals surface area contributed by atoms with Crippen LogP contribution in [0.1, 0.15) is 17.0 Å². The molecule has 0 amide bonds. The average Bonchev–Trinajstić information content (AvgIpc) is 3.16. The highest BCUT2D eigenvalue weighted by molar-refractivity contribution is 5.59. The zero-order chi connectivity index (χ0) is 23.3. The van der Waals surface area contributed by atoms with Crippen LogP contribution in [0.15, 0.2) is 79.0 Å². The number of rotatable bonds is 8. The molecule has 6 nitrogen and oxygen atoms in total. The summed E-state index contributed by atoms with van der Waals surface area (Å²) in [6.07, 6.45) is -3.07. The van der Waals surface area contributed by atoms with Crippen molar-refractivity contribution in [3.63, 3.8) is 0 Å². The Kier molecular flexibility index (Phi) is 6.60. The molecule has 2 aromatic heterocycles. The summed E-state index contributed by atoms with van der Waals surface area (Å²) in [6.45, 7) is 2.59. The third-order valence-corrected chi connectivity index (χ3v) is 4.61. The molecular formula is C24H21F3N4O2. The zero-order valence-electron chi connectivity index (χ0n) is 17.7. The highest BCUT2D eigenvalue weighted by atomic mass is 19.4. The smallest absolute Gasteiger partial charge is 0.406 e. The standard InChI is InChI=1S/C24H21F3N4O2/c1-17-12-20(10-11-28-17)31-21(16-32-15-18-6-3-2-4-7-18)14-23(30-31)29-19-8-5-9-22(13-19)33-24(25,26)27/h2-14H,15-16H2,1H3,(H,29,30). The number of alkyl halides is 3. The van der Waals surface area contributed by atoms with Crippen LogP contribution in [-0.2, 0) is 18.0 Å². The van der Waals surface area contributed by atoms with E-state index in [-0.39, 0.29) is 12.4 Å². The molecule has 2 heterocycles. The quantitative estimate of drug-likeness (QED) is 0.357. The molecule has 0 spiro atoms. The molecule has 0 aliphatic rings. The minimum Gasteiger partial charge on any atom is -0.406 e. The second-order valence-corrected chi connectivity index (χ2v) is 7.27. The van der Waals surface area contributed by atoms with E-state index in [0.29, 0.717) is 18.1 Å². The second-order valence-electron chi connectivity index (χ2n) is 7.27. The number of hydrogen-bond acceptors (Lipinski definition) is 5. The van der Waals surface area contributed by atoms with E-state index in [1.165, 1.54) is 18.2 Å². The minimum absolute atomic E-state index is 0.280. The van der Waals surface area contributed by atoms with Crippen molar-refractivity contribution >= 4 is 11.5 Å². The molecular weight excluding hydrogens is 433 g/mol. The van der Waals surface area contributed by atoms with Crippen molar-refractivity contribution in [2.24, 2.45) is 0 Å². The van der Waals surface area contributed by atoms with Crippen LogP contribution in [0, 0.1) is 6.92 Å². The van der Waals surface area contributed by atoms with Gasteiger partial charge in [-0.05, 0) is 36.8 Å². The van der Waals surface area contributed by atoms with Crippen molar-refractivity contribution in [1.82, 2.24) is 14.8 Å². The first-order chi connectivity index (χ1) is 15.9. The number of aryl methyl sites for hydroxylation is 1. The first kappa shape index (κ1) is 22.3. The Labute approximate surface area is 188 Å². The van der Waals surface area contributed by atoms with E-state index in [0.717, 1.165) is 22.6 Å². The number of halogens is 3. The van der Waals surface area contributed by atoms with Gasteiger partial charge in [0.15, 0.2) is 5.82 Å². The lowest BCUT2D eigenvalue weighted by Gasteiger charge is -2.10. The summed E-state index contributed by atoms with van der Waals surface area (Å²) in [7, 11) is 0. The van der Waals surface area contributed by atoms with Gasteiger partial charge in [-0.3, -0.25) is 4.98 Å². The van der Waals surface area contributed by atoms with Gasteiger partial charge in [0.05, 0.1) is 24.6 Å². The SMILES string of the molecule is Cc1cc(-n2nc(Nc3cccc(OC(F)(F)F)c3)cc2COCc2ccccc2)ccn1. The van der Waals surface area contributed by atoms with Crippen LogP contribution in [-0.4, -0.2) is 21.1 Å². The molecule has 4 aromatic rings. The number of pyridine rings is 1. The number of nitrogens with zero attached hydrogens (tertiary/aromatic N) is 3. The topological polar surface area (TPSA) is 61.2 Å². The number of hydrogen-bond donors (Lipinski definition) is 1. The predicted octanol–water partition coefficient (Wildman–Crippen LogP) is 5.93. The molecule has 0 atom stereocenters. The van der Waals surface area contributed by atoms with Crippen LogP contribution in [0.2, 0.25) is 0 Å². The maximum absolute atomic E-state index is 12.5. The molecule has 0 saturated carbocycles. The summed E-state index contributed by atoms with van der Waals surface area (Å²) < 4.78 is 49.2. The zero-order valence-corrected chi connectivity index (χ0v) is 17.7. The number of nitrogens with one attached hydrogen (secondary N) is 1. The summed E-state index contributed by atoms with van der Waals surface area (Å²) in [6, 6.07) is 20.9. The molecule has 4 rings (SSSR count). The number of ether oxygens (including phenoxy) is 2. The van der Waals surface area contributed by atoms with Crippen molar-refractivity contribution in [3.05, 3.63) is 95.9 Å². The van der Waals surface area contributed by atoms with Crippen LogP contribution >= 0.6 is 0 Å². The summed E-state index contributed by atoms with van der Waals surface area (Å²) in [5.41, 5.74) is 3.84. The van der Waals surface area contributed by atoms with Gasteiger partial charge < -0.3 is 14.8 Å². The molecule has 0 unspecified atom stereocenters. The Morgan fingerprint density at radius 3 is 2.52 bits per heavy atom. The molecule has 0 bridgehead atoms. The fourth-order valence-corrected chi connectivity index (χ4v) is 3.24. The molecule has 1 N–H and O–H groups in total. The van der Waals surface area contributed by atoms with Crippen molar-refractivity contribution in [1.29, 1.82) is 0 Å². The lowest BCUT2D eigenvalue weighted by Crippen LogP contribution is -2.17. The third-order valence-electron chi connectivity index (χ3n) is 4.61. The Morgan fingerprint density at radius 1 is 0.939 bits per heavy atom. The van der Waals surface area contributed by atoms with E-state index >= 15 is 0 Å². The fraction of sp³-hybridized carbons (Fsp3) is 0.167. The number of aromatic nitrogens is 3. The first-order valence-corrected chi connectivity index (χ1v) is 10.1. The van der Waals surface area contributed by atoms with Gasteiger partial charge in [-0.1, -0.05) is 36.4 Å². The third kappa shape index (κ3) is 6.33. The van der Waals surface area contributed by atoms with Crippen LogP contribution in [0.4, 0.5) is 24.7 Å². The maximum atomic E-state index is 12.5. The summed E-state index contributed by atoms with van der Waals surface area (Å²) in [5, 5.41) is 7.61. The Morgan fingerprint density at radius 2 is 1.76 bits per heavy atom. The Hall–Kier alpha value is -3.85. The Balaban J connectivity index is 1.56. The van der Waals surface area contributed by atoms with Gasteiger partial charge in [-0.25, -0.2) is 4.68 Å². The molecule has 9 heteroatoms. The van der Waals surface area contributed by atoms with E-state index in [4.69, 9.17) is 4.74 Å². The van der Waals surface area contributed by atoms with Gasteiger partial charge in [0, 0.05) is 29.7 Å². The average molecular weight is 454 g/mol. The first-order valence-electron chi connectivity index (χ1n) is 10.1. The fourth-order valence-electron chi connectivity index (χ4n) is 3.24. The van der Waals surface area contributed by atoms with Crippen LogP contribution < -0.4 is 10.1 Å². The molecule has 2 aromatic carbocycles. The highest BCUT2D eigenvalue weighted by Gasteiger charge is 2.31. The molecule has 0 aliphatic carbocycles. The van der Waals surface area contributed by atoms with E-state index in [1.807, 2.05) is 49.4 Å². The monoisotopic (exact) mass is 454 g/mol. The summed E-state index contributed by atoms with van der Waals surface area (Å²) in [5.74, 6) is 0.134. The lowest BCUT2D eigenvalue weighted by atomic mass is 10.2. The van der Waals surface area contributed by atoms with Crippen LogP contribution in [0.3, 0.4) is 0 Å². The van der Waals surface area contributed by atoms with Crippen molar-refractivity contribution in [2.45, 2.75) is 26.5 Å². The van der Waals surface area contributed by atoms with Crippen molar-refractivity contribution in [2.75, 3.05) is 5.32 Å².